The van der Waals surface area contributed by atoms with Crippen molar-refractivity contribution < 1.29 is 13.4 Å². The van der Waals surface area contributed by atoms with Gasteiger partial charge in [-0.2, -0.15) is 0 Å². The average Bonchev–Trinajstić information content (AvgIpc) is 3.11. The molecule has 1 saturated carbocycles. The molecule has 1 aromatic carbocycles. The van der Waals surface area contributed by atoms with Gasteiger partial charge in [0.2, 0.25) is 5.91 Å². The number of carbonyl (C=O) groups is 1. The minimum Gasteiger partial charge on any atom is -0.318 e. The molecule has 21 heavy (non-hydrogen) atoms. The van der Waals surface area contributed by atoms with Crippen molar-refractivity contribution in [3.8, 4) is 0 Å². The number of benzene rings is 1. The predicted octanol–water partition coefficient (Wildman–Crippen LogP) is 1.56. The first kappa shape index (κ1) is 14.7. The van der Waals surface area contributed by atoms with Crippen LogP contribution in [0, 0.1) is 5.82 Å². The van der Waals surface area contributed by atoms with Crippen LogP contribution in [0.5, 0.6) is 0 Å². The summed E-state index contributed by atoms with van der Waals surface area (Å²) in [6.07, 6.45) is 2.93. The van der Waals surface area contributed by atoms with Crippen molar-refractivity contribution in [2.45, 2.75) is 37.5 Å². The molecule has 1 aromatic rings. The van der Waals surface area contributed by atoms with Crippen LogP contribution in [0.15, 0.2) is 24.3 Å². The number of nitrogens with zero attached hydrogens (tertiary/aromatic N) is 1. The van der Waals surface area contributed by atoms with Gasteiger partial charge in [0.1, 0.15) is 17.5 Å². The van der Waals surface area contributed by atoms with Crippen LogP contribution >= 0.6 is 0 Å². The average molecular weight is 310 g/mol. The van der Waals surface area contributed by atoms with Gasteiger partial charge < -0.3 is 4.90 Å². The molecule has 6 heteroatoms. The predicted molar refractivity (Wildman–Crippen MR) is 79.5 cm³/mol. The number of rotatable bonds is 4. The highest BCUT2D eigenvalue weighted by Crippen LogP contribution is 2.46. The lowest BCUT2D eigenvalue weighted by atomic mass is 10.1. The highest BCUT2D eigenvalue weighted by molar-refractivity contribution is 7.84. The topological polar surface area (TPSA) is 49.4 Å². The molecule has 0 radical (unpaired) electrons. The Morgan fingerprint density at radius 2 is 2.24 bits per heavy atom. The summed E-state index contributed by atoms with van der Waals surface area (Å²) < 4.78 is 25.0. The minimum absolute atomic E-state index is 0.0507. The summed E-state index contributed by atoms with van der Waals surface area (Å²) in [5.74, 6) is 0.162. The van der Waals surface area contributed by atoms with E-state index in [4.69, 9.17) is 0 Å². The maximum absolute atomic E-state index is 13.5. The van der Waals surface area contributed by atoms with Crippen molar-refractivity contribution in [2.24, 2.45) is 0 Å². The fourth-order valence-corrected chi connectivity index (χ4v) is 3.88. The third kappa shape index (κ3) is 2.62. The molecule has 1 saturated heterocycles. The molecule has 2 aliphatic rings. The molecule has 2 fully saturated rings. The summed E-state index contributed by atoms with van der Waals surface area (Å²) in [5.41, 5.74) is 0.265. The molecular formula is C15H19FN2O2S. The maximum atomic E-state index is 13.5. The number of amides is 1. The molecule has 1 heterocycles. The highest BCUT2D eigenvalue weighted by Gasteiger charge is 2.60. The molecule has 3 atom stereocenters. The van der Waals surface area contributed by atoms with Gasteiger partial charge in [-0.15, -0.1) is 0 Å². The number of hydrogen-bond donors (Lipinski definition) is 1. The van der Waals surface area contributed by atoms with E-state index in [-0.39, 0.29) is 23.9 Å². The van der Waals surface area contributed by atoms with Crippen molar-refractivity contribution in [3.63, 3.8) is 0 Å². The van der Waals surface area contributed by atoms with E-state index in [0.717, 1.165) is 18.4 Å². The van der Waals surface area contributed by atoms with Crippen molar-refractivity contribution >= 4 is 16.7 Å². The normalized spacial score (nSPS) is 26.1. The second-order valence-electron chi connectivity index (χ2n) is 5.99. The molecule has 3 rings (SSSR count). The Balaban J connectivity index is 1.93. The van der Waals surface area contributed by atoms with Gasteiger partial charge in [0, 0.05) is 28.9 Å². The standard InChI is InChI=1S/C15H19FN2O2S/c1-10(9-21(2)20)18-13(11-4-3-5-12(16)8-11)17-15(6-7-15)14(18)19/h3-5,8,10,13,17H,6-7,9H2,1-2H3. The molecule has 1 N–H and O–H groups in total. The van der Waals surface area contributed by atoms with Gasteiger partial charge in [0.05, 0.1) is 0 Å². The van der Waals surface area contributed by atoms with Crippen LogP contribution in [-0.4, -0.2) is 38.6 Å². The van der Waals surface area contributed by atoms with Crippen molar-refractivity contribution in [1.29, 1.82) is 0 Å². The second kappa shape index (κ2) is 5.18. The fraction of sp³-hybridized carbons (Fsp3) is 0.533. The molecular weight excluding hydrogens is 291 g/mol. The molecule has 1 aliphatic heterocycles. The molecule has 3 unspecified atom stereocenters. The summed E-state index contributed by atoms with van der Waals surface area (Å²) in [5, 5.41) is 3.35. The zero-order valence-corrected chi connectivity index (χ0v) is 13.0. The van der Waals surface area contributed by atoms with Gasteiger partial charge in [-0.1, -0.05) is 12.1 Å². The molecule has 1 aliphatic carbocycles. The van der Waals surface area contributed by atoms with Crippen LogP contribution in [0.3, 0.4) is 0 Å². The van der Waals surface area contributed by atoms with E-state index in [0.29, 0.717) is 5.75 Å². The quantitative estimate of drug-likeness (QED) is 0.918. The van der Waals surface area contributed by atoms with E-state index < -0.39 is 16.3 Å². The lowest BCUT2D eigenvalue weighted by Crippen LogP contribution is -2.41. The SMILES string of the molecule is CC(CS(C)=O)N1C(=O)C2(CC2)NC1c1cccc(F)c1. The molecule has 0 aromatic heterocycles. The van der Waals surface area contributed by atoms with Crippen LogP contribution < -0.4 is 5.32 Å². The van der Waals surface area contributed by atoms with E-state index in [1.54, 1.807) is 17.2 Å². The zero-order valence-electron chi connectivity index (χ0n) is 12.1. The number of carbonyl (C=O) groups excluding carboxylic acids is 1. The van der Waals surface area contributed by atoms with Gasteiger partial charge in [-0.25, -0.2) is 4.39 Å². The van der Waals surface area contributed by atoms with Gasteiger partial charge in [0.15, 0.2) is 0 Å². The first-order chi connectivity index (χ1) is 9.93. The highest BCUT2D eigenvalue weighted by atomic mass is 32.2. The van der Waals surface area contributed by atoms with Crippen LogP contribution in [0.25, 0.3) is 0 Å². The van der Waals surface area contributed by atoms with Crippen LogP contribution in [0.1, 0.15) is 31.5 Å². The fourth-order valence-electron chi connectivity index (χ4n) is 3.04. The monoisotopic (exact) mass is 310 g/mol. The Labute approximate surface area is 126 Å². The van der Waals surface area contributed by atoms with Crippen LogP contribution in [0.2, 0.25) is 0 Å². The van der Waals surface area contributed by atoms with Crippen molar-refractivity contribution in [3.05, 3.63) is 35.6 Å². The Hall–Kier alpha value is -1.27. The Bertz CT molecular complexity index is 603. The van der Waals surface area contributed by atoms with Crippen molar-refractivity contribution in [2.75, 3.05) is 12.0 Å². The van der Waals surface area contributed by atoms with Crippen molar-refractivity contribution in [1.82, 2.24) is 10.2 Å². The number of hydrogen-bond acceptors (Lipinski definition) is 3. The Kier molecular flexibility index (Phi) is 3.61. The number of nitrogens with one attached hydrogen (secondary N) is 1. The third-order valence-corrected chi connectivity index (χ3v) is 5.15. The van der Waals surface area contributed by atoms with E-state index in [1.165, 1.54) is 12.1 Å². The summed E-state index contributed by atoms with van der Waals surface area (Å²) in [4.78, 5) is 14.4. The van der Waals surface area contributed by atoms with E-state index in [1.807, 2.05) is 13.0 Å². The largest absolute Gasteiger partial charge is 0.318 e. The van der Waals surface area contributed by atoms with E-state index in [9.17, 15) is 13.4 Å². The molecule has 4 nitrogen and oxygen atoms in total. The molecule has 1 amide bonds. The summed E-state index contributed by atoms with van der Waals surface area (Å²) in [6.45, 7) is 1.90. The maximum Gasteiger partial charge on any atom is 0.244 e. The summed E-state index contributed by atoms with van der Waals surface area (Å²) in [6, 6.07) is 6.16. The van der Waals surface area contributed by atoms with Crippen LogP contribution in [-0.2, 0) is 15.6 Å². The Morgan fingerprint density at radius 1 is 1.52 bits per heavy atom. The minimum atomic E-state index is -0.982. The first-order valence-corrected chi connectivity index (χ1v) is 8.82. The van der Waals surface area contributed by atoms with E-state index >= 15 is 0 Å². The molecule has 1 spiro atoms. The summed E-state index contributed by atoms with van der Waals surface area (Å²) >= 11 is 0. The first-order valence-electron chi connectivity index (χ1n) is 7.09. The molecule has 114 valence electrons. The van der Waals surface area contributed by atoms with Gasteiger partial charge >= 0.3 is 0 Å². The van der Waals surface area contributed by atoms with E-state index in [2.05, 4.69) is 5.32 Å². The second-order valence-corrected chi connectivity index (χ2v) is 7.47. The van der Waals surface area contributed by atoms with Gasteiger partial charge in [-0.05, 0) is 37.5 Å². The Morgan fingerprint density at radius 3 is 2.81 bits per heavy atom. The van der Waals surface area contributed by atoms with Gasteiger partial charge in [0.25, 0.3) is 0 Å². The lowest BCUT2D eigenvalue weighted by molar-refractivity contribution is -0.132. The van der Waals surface area contributed by atoms with Gasteiger partial charge in [-0.3, -0.25) is 14.3 Å². The number of halogens is 1. The van der Waals surface area contributed by atoms with Crippen LogP contribution in [0.4, 0.5) is 4.39 Å². The zero-order chi connectivity index (χ0) is 15.2. The smallest absolute Gasteiger partial charge is 0.244 e. The lowest BCUT2D eigenvalue weighted by Gasteiger charge is -2.30. The summed E-state index contributed by atoms with van der Waals surface area (Å²) in [7, 11) is -0.982. The molecule has 0 bridgehead atoms. The third-order valence-electron chi connectivity index (χ3n) is 4.20.